The molecular formula is C34H64O5. The number of rotatable bonds is 30. The van der Waals surface area contributed by atoms with E-state index in [4.69, 9.17) is 9.47 Å². The number of hydrogen-bond donors (Lipinski definition) is 0. The van der Waals surface area contributed by atoms with Gasteiger partial charge in [-0.25, -0.2) is 0 Å². The Morgan fingerprint density at radius 3 is 1.00 bits per heavy atom. The van der Waals surface area contributed by atoms with E-state index in [1.165, 1.54) is 103 Å². The van der Waals surface area contributed by atoms with Crippen LogP contribution in [0.1, 0.15) is 181 Å². The van der Waals surface area contributed by atoms with Gasteiger partial charge >= 0.3 is 11.9 Å². The van der Waals surface area contributed by atoms with Gasteiger partial charge in [-0.2, -0.15) is 0 Å². The van der Waals surface area contributed by atoms with Crippen LogP contribution >= 0.6 is 0 Å². The molecule has 0 amide bonds. The Labute approximate surface area is 241 Å². The van der Waals surface area contributed by atoms with E-state index in [0.29, 0.717) is 19.3 Å². The molecular weight excluding hydrogens is 488 g/mol. The summed E-state index contributed by atoms with van der Waals surface area (Å²) in [6, 6.07) is 0. The summed E-state index contributed by atoms with van der Waals surface area (Å²) in [5.74, 6) is -1.10. The van der Waals surface area contributed by atoms with Crippen LogP contribution in [0, 0.1) is 5.92 Å². The Bertz CT molecular complexity index is 532. The number of esters is 2. The van der Waals surface area contributed by atoms with Crippen LogP contribution in [0.2, 0.25) is 0 Å². The maximum absolute atomic E-state index is 12.3. The van der Waals surface area contributed by atoms with Crippen LogP contribution in [0.25, 0.3) is 0 Å². The summed E-state index contributed by atoms with van der Waals surface area (Å²) in [4.78, 5) is 36.6. The zero-order valence-corrected chi connectivity index (χ0v) is 26.2. The fourth-order valence-electron chi connectivity index (χ4n) is 4.92. The second-order valence-corrected chi connectivity index (χ2v) is 11.5. The van der Waals surface area contributed by atoms with E-state index < -0.39 is 5.92 Å². The summed E-state index contributed by atoms with van der Waals surface area (Å²) in [6.45, 7) is 6.30. The van der Waals surface area contributed by atoms with Crippen molar-refractivity contribution in [3.8, 4) is 0 Å². The van der Waals surface area contributed by atoms with Gasteiger partial charge in [0.2, 0.25) is 0 Å². The van der Waals surface area contributed by atoms with Gasteiger partial charge in [0.15, 0.2) is 0 Å². The summed E-state index contributed by atoms with van der Waals surface area (Å²) in [6.07, 6.45) is 28.3. The maximum Gasteiger partial charge on any atom is 0.305 e. The third kappa shape index (κ3) is 26.6. The van der Waals surface area contributed by atoms with Crippen LogP contribution in [-0.2, 0) is 23.9 Å². The highest BCUT2D eigenvalue weighted by molar-refractivity contribution is 5.81. The zero-order valence-electron chi connectivity index (χ0n) is 26.2. The van der Waals surface area contributed by atoms with Gasteiger partial charge in [-0.05, 0) is 12.8 Å². The smallest absolute Gasteiger partial charge is 0.305 e. The van der Waals surface area contributed by atoms with Crippen molar-refractivity contribution < 1.29 is 23.9 Å². The molecule has 0 aromatic rings. The van der Waals surface area contributed by atoms with E-state index in [-0.39, 0.29) is 30.9 Å². The molecule has 5 nitrogen and oxygen atoms in total. The second kappa shape index (κ2) is 29.6. The molecule has 0 aliphatic heterocycles. The van der Waals surface area contributed by atoms with Crippen molar-refractivity contribution in [3.05, 3.63) is 0 Å². The van der Waals surface area contributed by atoms with Crippen molar-refractivity contribution in [2.75, 3.05) is 13.2 Å². The van der Waals surface area contributed by atoms with Gasteiger partial charge in [-0.15, -0.1) is 0 Å². The van der Waals surface area contributed by atoms with Crippen molar-refractivity contribution in [1.29, 1.82) is 0 Å². The van der Waals surface area contributed by atoms with E-state index in [1.807, 2.05) is 0 Å². The van der Waals surface area contributed by atoms with Gasteiger partial charge in [0.25, 0.3) is 0 Å². The summed E-state index contributed by atoms with van der Waals surface area (Å²) in [5.41, 5.74) is 0. The average molecular weight is 553 g/mol. The Morgan fingerprint density at radius 2 is 0.718 bits per heavy atom. The number of Topliss-reactive ketones (excluding diaryl/α,β-unsaturated/α-hetero) is 1. The summed E-state index contributed by atoms with van der Waals surface area (Å²) >= 11 is 0. The van der Waals surface area contributed by atoms with E-state index in [2.05, 4.69) is 13.8 Å². The molecule has 0 aliphatic carbocycles. The van der Waals surface area contributed by atoms with Crippen molar-refractivity contribution in [2.24, 2.45) is 5.92 Å². The first-order chi connectivity index (χ1) is 19.0. The van der Waals surface area contributed by atoms with Crippen LogP contribution < -0.4 is 0 Å². The Hall–Kier alpha value is -1.39. The topological polar surface area (TPSA) is 69.7 Å². The van der Waals surface area contributed by atoms with Gasteiger partial charge in [-0.1, -0.05) is 149 Å². The third-order valence-corrected chi connectivity index (χ3v) is 7.66. The highest BCUT2D eigenvalue weighted by Gasteiger charge is 2.21. The quantitative estimate of drug-likeness (QED) is 0.0655. The van der Waals surface area contributed by atoms with Gasteiger partial charge in [-0.3, -0.25) is 14.4 Å². The molecule has 0 aromatic carbocycles. The lowest BCUT2D eigenvalue weighted by Gasteiger charge is -2.15. The SMILES string of the molecule is CCCCCCCCCCCCCC(=O)OCC(COC(=O)CCCCCCCCCCCCC)C(=O)CC. The van der Waals surface area contributed by atoms with Crippen LogP contribution in [0.3, 0.4) is 0 Å². The van der Waals surface area contributed by atoms with Crippen molar-refractivity contribution in [3.63, 3.8) is 0 Å². The van der Waals surface area contributed by atoms with Gasteiger partial charge in [0.1, 0.15) is 19.0 Å². The number of hydrogen-bond acceptors (Lipinski definition) is 5. The molecule has 0 unspecified atom stereocenters. The molecule has 0 bridgehead atoms. The average Bonchev–Trinajstić information content (AvgIpc) is 2.94. The van der Waals surface area contributed by atoms with Crippen LogP contribution in [0.15, 0.2) is 0 Å². The molecule has 39 heavy (non-hydrogen) atoms. The molecule has 0 heterocycles. The normalized spacial score (nSPS) is 11.2. The summed E-state index contributed by atoms with van der Waals surface area (Å²) < 4.78 is 10.7. The Morgan fingerprint density at radius 1 is 0.436 bits per heavy atom. The largest absolute Gasteiger partial charge is 0.465 e. The highest BCUT2D eigenvalue weighted by Crippen LogP contribution is 2.14. The minimum Gasteiger partial charge on any atom is -0.465 e. The van der Waals surface area contributed by atoms with Crippen LogP contribution in [-0.4, -0.2) is 30.9 Å². The zero-order chi connectivity index (χ0) is 28.8. The Balaban J connectivity index is 3.81. The number of carbonyl (C=O) groups is 3. The first kappa shape index (κ1) is 37.6. The van der Waals surface area contributed by atoms with Gasteiger partial charge in [0.05, 0.1) is 5.92 Å². The fourth-order valence-corrected chi connectivity index (χ4v) is 4.92. The van der Waals surface area contributed by atoms with Crippen LogP contribution in [0.4, 0.5) is 0 Å². The van der Waals surface area contributed by atoms with Gasteiger partial charge in [0, 0.05) is 19.3 Å². The lowest BCUT2D eigenvalue weighted by Crippen LogP contribution is -2.27. The number of ether oxygens (including phenoxy) is 2. The molecule has 0 spiro atoms. The van der Waals surface area contributed by atoms with Crippen molar-refractivity contribution in [2.45, 2.75) is 181 Å². The summed E-state index contributed by atoms with van der Waals surface area (Å²) in [7, 11) is 0. The van der Waals surface area contributed by atoms with Crippen molar-refractivity contribution in [1.82, 2.24) is 0 Å². The minimum absolute atomic E-state index is 0.00919. The molecule has 0 aliphatic rings. The van der Waals surface area contributed by atoms with E-state index >= 15 is 0 Å². The molecule has 0 aromatic heterocycles. The Kier molecular flexibility index (Phi) is 28.5. The molecule has 0 N–H and O–H groups in total. The predicted molar refractivity (Wildman–Crippen MR) is 163 cm³/mol. The van der Waals surface area contributed by atoms with Gasteiger partial charge < -0.3 is 9.47 Å². The van der Waals surface area contributed by atoms with Crippen molar-refractivity contribution >= 4 is 17.7 Å². The highest BCUT2D eigenvalue weighted by atomic mass is 16.5. The minimum atomic E-state index is -0.558. The fraction of sp³-hybridized carbons (Fsp3) is 0.912. The third-order valence-electron chi connectivity index (χ3n) is 7.66. The molecule has 0 radical (unpaired) electrons. The van der Waals surface area contributed by atoms with Crippen LogP contribution in [0.5, 0.6) is 0 Å². The molecule has 230 valence electrons. The lowest BCUT2D eigenvalue weighted by molar-refractivity contribution is -0.151. The summed E-state index contributed by atoms with van der Waals surface area (Å²) in [5, 5.41) is 0. The first-order valence-electron chi connectivity index (χ1n) is 16.9. The van der Waals surface area contributed by atoms with E-state index in [0.717, 1.165) is 38.5 Å². The van der Waals surface area contributed by atoms with E-state index in [1.54, 1.807) is 6.92 Å². The number of ketones is 1. The predicted octanol–water partition coefficient (Wildman–Crippen LogP) is 10.1. The molecule has 5 heteroatoms. The monoisotopic (exact) mass is 552 g/mol. The second-order valence-electron chi connectivity index (χ2n) is 11.5. The molecule has 0 rings (SSSR count). The number of unbranched alkanes of at least 4 members (excludes halogenated alkanes) is 20. The first-order valence-corrected chi connectivity index (χ1v) is 16.9. The molecule has 0 fully saturated rings. The molecule has 0 saturated carbocycles. The maximum atomic E-state index is 12.3. The standard InChI is InChI=1S/C34H64O5/c1-4-7-9-11-13-15-17-19-21-23-25-27-33(36)38-29-31(32(35)6-3)30-39-34(37)28-26-24-22-20-18-16-14-12-10-8-5-2/h31H,4-30H2,1-3H3. The lowest BCUT2D eigenvalue weighted by atomic mass is 10.0. The van der Waals surface area contributed by atoms with E-state index in [9.17, 15) is 14.4 Å². The molecule has 0 atom stereocenters. The number of carbonyl (C=O) groups excluding carboxylic acids is 3. The molecule has 0 saturated heterocycles.